The number of rotatable bonds is 4. The minimum atomic E-state index is 0.126. The molecule has 4 nitrogen and oxygen atoms in total. The van der Waals surface area contributed by atoms with Gasteiger partial charge in [0.05, 0.1) is 6.54 Å². The lowest BCUT2D eigenvalue weighted by Gasteiger charge is -2.04. The zero-order valence-corrected chi connectivity index (χ0v) is 9.29. The van der Waals surface area contributed by atoms with E-state index in [-0.39, 0.29) is 5.96 Å². The van der Waals surface area contributed by atoms with Crippen LogP contribution in [0, 0.1) is 0 Å². The first-order valence-electron chi connectivity index (χ1n) is 4.23. The maximum atomic E-state index is 5.19. The molecule has 5 heteroatoms. The second kappa shape index (κ2) is 5.49. The van der Waals surface area contributed by atoms with Crippen LogP contribution in [-0.2, 0) is 0 Å². The van der Waals surface area contributed by atoms with Crippen molar-refractivity contribution in [3.8, 4) is 0 Å². The Bertz CT molecular complexity index is 320. The molecule has 0 spiro atoms. The van der Waals surface area contributed by atoms with Crippen LogP contribution < -0.4 is 16.8 Å². The second-order valence-corrected chi connectivity index (χ2v) is 3.66. The Morgan fingerprint density at radius 3 is 2.86 bits per heavy atom. The molecule has 0 atom stereocenters. The van der Waals surface area contributed by atoms with Crippen LogP contribution in [0.15, 0.2) is 33.7 Å². The van der Waals surface area contributed by atoms with Crippen LogP contribution in [0.3, 0.4) is 0 Å². The normalized spacial score (nSPS) is 9.50. The van der Waals surface area contributed by atoms with E-state index >= 15 is 0 Å². The minimum Gasteiger partial charge on any atom is -0.383 e. The Hall–Kier alpha value is -1.23. The molecule has 0 amide bonds. The molecule has 0 bridgehead atoms. The summed E-state index contributed by atoms with van der Waals surface area (Å²) in [6, 6.07) is 7.92. The number of anilines is 1. The lowest BCUT2D eigenvalue weighted by molar-refractivity contribution is 1.01. The Labute approximate surface area is 91.5 Å². The summed E-state index contributed by atoms with van der Waals surface area (Å²) in [5.41, 5.74) is 11.4. The van der Waals surface area contributed by atoms with Crippen molar-refractivity contribution in [3.05, 3.63) is 28.7 Å². The lowest BCUT2D eigenvalue weighted by atomic mass is 10.3. The maximum absolute atomic E-state index is 5.19. The molecular formula is C9H13BrN4. The number of guanidine groups is 1. The van der Waals surface area contributed by atoms with Crippen molar-refractivity contribution < 1.29 is 0 Å². The van der Waals surface area contributed by atoms with E-state index in [2.05, 4.69) is 26.2 Å². The number of nitrogens with two attached hydrogens (primary N) is 2. The summed E-state index contributed by atoms with van der Waals surface area (Å²) < 4.78 is 1.05. The van der Waals surface area contributed by atoms with Crippen LogP contribution in [0.1, 0.15) is 0 Å². The first-order chi connectivity index (χ1) is 6.68. The van der Waals surface area contributed by atoms with Crippen LogP contribution in [0.5, 0.6) is 0 Å². The van der Waals surface area contributed by atoms with E-state index in [0.717, 1.165) is 10.2 Å². The maximum Gasteiger partial charge on any atom is 0.185 e. The molecule has 5 N–H and O–H groups in total. The fourth-order valence-electron chi connectivity index (χ4n) is 0.984. The van der Waals surface area contributed by atoms with Gasteiger partial charge in [0.1, 0.15) is 0 Å². The molecule has 0 heterocycles. The van der Waals surface area contributed by atoms with Crippen molar-refractivity contribution in [1.29, 1.82) is 0 Å². The molecular weight excluding hydrogens is 244 g/mol. The minimum absolute atomic E-state index is 0.126. The van der Waals surface area contributed by atoms with Gasteiger partial charge in [0.2, 0.25) is 0 Å². The third-order valence-corrected chi connectivity index (χ3v) is 2.05. The summed E-state index contributed by atoms with van der Waals surface area (Å²) in [7, 11) is 0. The summed E-state index contributed by atoms with van der Waals surface area (Å²) in [6.07, 6.45) is 0. The van der Waals surface area contributed by atoms with Crippen LogP contribution in [0.2, 0.25) is 0 Å². The Morgan fingerprint density at radius 1 is 1.43 bits per heavy atom. The van der Waals surface area contributed by atoms with Gasteiger partial charge in [-0.05, 0) is 18.2 Å². The van der Waals surface area contributed by atoms with E-state index in [1.165, 1.54) is 0 Å². The van der Waals surface area contributed by atoms with Crippen LogP contribution in [0.4, 0.5) is 5.69 Å². The van der Waals surface area contributed by atoms with Crippen molar-refractivity contribution in [2.45, 2.75) is 0 Å². The van der Waals surface area contributed by atoms with Crippen molar-refractivity contribution in [2.24, 2.45) is 16.5 Å². The predicted molar refractivity (Wildman–Crippen MR) is 63.3 cm³/mol. The first-order valence-corrected chi connectivity index (χ1v) is 5.02. The van der Waals surface area contributed by atoms with E-state index in [1.807, 2.05) is 24.3 Å². The third kappa shape index (κ3) is 4.13. The summed E-state index contributed by atoms with van der Waals surface area (Å²) in [6.45, 7) is 1.29. The van der Waals surface area contributed by atoms with Crippen molar-refractivity contribution >= 4 is 27.6 Å². The zero-order valence-electron chi connectivity index (χ0n) is 7.70. The Morgan fingerprint density at radius 2 is 2.21 bits per heavy atom. The van der Waals surface area contributed by atoms with Crippen LogP contribution >= 0.6 is 15.9 Å². The summed E-state index contributed by atoms with van der Waals surface area (Å²) in [5, 5.41) is 3.19. The third-order valence-electron chi connectivity index (χ3n) is 1.56. The van der Waals surface area contributed by atoms with Gasteiger partial charge < -0.3 is 16.8 Å². The zero-order chi connectivity index (χ0) is 10.4. The summed E-state index contributed by atoms with van der Waals surface area (Å²) >= 11 is 3.39. The van der Waals surface area contributed by atoms with Gasteiger partial charge in [-0.25, -0.2) is 0 Å². The van der Waals surface area contributed by atoms with Gasteiger partial charge in [0.15, 0.2) is 5.96 Å². The molecule has 0 aliphatic heterocycles. The summed E-state index contributed by atoms with van der Waals surface area (Å²) in [4.78, 5) is 3.86. The molecule has 0 aromatic heterocycles. The fraction of sp³-hybridized carbons (Fsp3) is 0.222. The topological polar surface area (TPSA) is 76.4 Å². The monoisotopic (exact) mass is 256 g/mol. The van der Waals surface area contributed by atoms with Crippen molar-refractivity contribution in [2.75, 3.05) is 18.4 Å². The van der Waals surface area contributed by atoms with E-state index in [1.54, 1.807) is 0 Å². The molecule has 0 saturated heterocycles. The quantitative estimate of drug-likeness (QED) is 0.430. The van der Waals surface area contributed by atoms with Crippen molar-refractivity contribution in [1.82, 2.24) is 0 Å². The smallest absolute Gasteiger partial charge is 0.185 e. The fourth-order valence-corrected chi connectivity index (χ4v) is 1.38. The second-order valence-electron chi connectivity index (χ2n) is 2.74. The number of nitrogens with one attached hydrogen (secondary N) is 1. The van der Waals surface area contributed by atoms with E-state index in [4.69, 9.17) is 11.5 Å². The molecule has 1 rings (SSSR count). The van der Waals surface area contributed by atoms with Crippen LogP contribution in [-0.4, -0.2) is 19.0 Å². The molecule has 76 valence electrons. The highest BCUT2D eigenvalue weighted by atomic mass is 79.9. The van der Waals surface area contributed by atoms with Gasteiger partial charge >= 0.3 is 0 Å². The van der Waals surface area contributed by atoms with Gasteiger partial charge in [0.25, 0.3) is 0 Å². The number of hydrogen-bond acceptors (Lipinski definition) is 2. The highest BCUT2D eigenvalue weighted by molar-refractivity contribution is 9.10. The molecule has 0 aliphatic carbocycles. The number of aliphatic imine (C=N–C) groups is 1. The number of halogens is 1. The van der Waals surface area contributed by atoms with Gasteiger partial charge in [-0.1, -0.05) is 22.0 Å². The SMILES string of the molecule is NC(N)=NCCNc1cccc(Br)c1. The standard InChI is InChI=1S/C9H13BrN4/c10-7-2-1-3-8(6-7)13-4-5-14-9(11)12/h1-3,6,13H,4-5H2,(H4,11,12,14). The van der Waals surface area contributed by atoms with Crippen LogP contribution in [0.25, 0.3) is 0 Å². The van der Waals surface area contributed by atoms with Gasteiger partial charge in [-0.2, -0.15) is 0 Å². The van der Waals surface area contributed by atoms with Gasteiger partial charge in [-0.3, -0.25) is 4.99 Å². The highest BCUT2D eigenvalue weighted by Crippen LogP contribution is 2.14. The van der Waals surface area contributed by atoms with Gasteiger partial charge in [0, 0.05) is 16.7 Å². The van der Waals surface area contributed by atoms with E-state index in [0.29, 0.717) is 13.1 Å². The molecule has 0 radical (unpaired) electrons. The number of hydrogen-bond donors (Lipinski definition) is 3. The average molecular weight is 257 g/mol. The number of benzene rings is 1. The molecule has 0 unspecified atom stereocenters. The molecule has 1 aromatic carbocycles. The predicted octanol–water partition coefficient (Wildman–Crippen LogP) is 1.13. The van der Waals surface area contributed by atoms with E-state index < -0.39 is 0 Å². The highest BCUT2D eigenvalue weighted by Gasteiger charge is 1.91. The Kier molecular flexibility index (Phi) is 4.25. The molecule has 1 aromatic rings. The molecule has 0 aliphatic rings. The lowest BCUT2D eigenvalue weighted by Crippen LogP contribution is -2.23. The largest absolute Gasteiger partial charge is 0.383 e. The average Bonchev–Trinajstić information content (AvgIpc) is 2.12. The van der Waals surface area contributed by atoms with E-state index in [9.17, 15) is 0 Å². The molecule has 0 saturated carbocycles. The summed E-state index contributed by atoms with van der Waals surface area (Å²) in [5.74, 6) is 0.126. The molecule has 0 fully saturated rings. The van der Waals surface area contributed by atoms with Gasteiger partial charge in [-0.15, -0.1) is 0 Å². The Balaban J connectivity index is 2.35. The molecule has 14 heavy (non-hydrogen) atoms. The number of nitrogens with zero attached hydrogens (tertiary/aromatic N) is 1. The van der Waals surface area contributed by atoms with Crippen molar-refractivity contribution in [3.63, 3.8) is 0 Å². The first kappa shape index (κ1) is 10.8.